The lowest BCUT2D eigenvalue weighted by atomic mass is 9.96. The van der Waals surface area contributed by atoms with E-state index >= 15 is 0 Å². The molecule has 2 aromatic rings. The fraction of sp³-hybridized carbons (Fsp3) is 0.400. The second kappa shape index (κ2) is 7.58. The van der Waals surface area contributed by atoms with Gasteiger partial charge in [0.1, 0.15) is 13.2 Å². The Morgan fingerprint density at radius 3 is 2.54 bits per heavy atom. The third-order valence-electron chi connectivity index (χ3n) is 4.24. The lowest BCUT2D eigenvalue weighted by Gasteiger charge is -2.25. The summed E-state index contributed by atoms with van der Waals surface area (Å²) in [6, 6.07) is 14.9. The molecule has 1 atom stereocenters. The highest BCUT2D eigenvalue weighted by atomic mass is 16.6. The van der Waals surface area contributed by atoms with Crippen LogP contribution in [0.5, 0.6) is 17.2 Å². The maximum Gasteiger partial charge on any atom is 0.203 e. The number of nitrogens with one attached hydrogen (secondary N) is 1. The van der Waals surface area contributed by atoms with Gasteiger partial charge in [0, 0.05) is 12.6 Å². The minimum Gasteiger partial charge on any atom is -0.493 e. The monoisotopic (exact) mass is 327 g/mol. The number of methoxy groups -OCH3 is 1. The van der Waals surface area contributed by atoms with E-state index in [4.69, 9.17) is 14.2 Å². The minimum absolute atomic E-state index is 0.297. The summed E-state index contributed by atoms with van der Waals surface area (Å²) in [5.41, 5.74) is 2.43. The first-order valence-electron chi connectivity index (χ1n) is 8.44. The SMILES string of the molecule is COc1cc(CNC(c2ccccc2)C(C)C)cc2c1OCCO2. The van der Waals surface area contributed by atoms with E-state index in [1.165, 1.54) is 5.56 Å². The van der Waals surface area contributed by atoms with Gasteiger partial charge in [-0.2, -0.15) is 0 Å². The van der Waals surface area contributed by atoms with Crippen LogP contribution in [0.4, 0.5) is 0 Å². The predicted octanol–water partition coefficient (Wildman–Crippen LogP) is 3.95. The van der Waals surface area contributed by atoms with Crippen LogP contribution in [0.1, 0.15) is 31.0 Å². The van der Waals surface area contributed by atoms with Gasteiger partial charge >= 0.3 is 0 Å². The average molecular weight is 327 g/mol. The van der Waals surface area contributed by atoms with Crippen molar-refractivity contribution in [2.75, 3.05) is 20.3 Å². The lowest BCUT2D eigenvalue weighted by Crippen LogP contribution is -2.25. The highest BCUT2D eigenvalue weighted by molar-refractivity contribution is 5.54. The molecule has 4 heteroatoms. The third kappa shape index (κ3) is 3.65. The summed E-state index contributed by atoms with van der Waals surface area (Å²) in [5.74, 6) is 2.69. The van der Waals surface area contributed by atoms with Gasteiger partial charge in [-0.15, -0.1) is 0 Å². The van der Waals surface area contributed by atoms with Crippen LogP contribution >= 0.6 is 0 Å². The van der Waals surface area contributed by atoms with Crippen molar-refractivity contribution in [3.8, 4) is 17.2 Å². The second-order valence-corrected chi connectivity index (χ2v) is 6.34. The zero-order valence-electron chi connectivity index (χ0n) is 14.5. The Morgan fingerprint density at radius 2 is 1.83 bits per heavy atom. The van der Waals surface area contributed by atoms with E-state index in [0.717, 1.165) is 23.6 Å². The Kier molecular flexibility index (Phi) is 5.26. The molecule has 1 aliphatic heterocycles. The molecule has 0 radical (unpaired) electrons. The van der Waals surface area contributed by atoms with E-state index in [1.807, 2.05) is 18.2 Å². The number of fused-ring (bicyclic) bond motifs is 1. The Bertz CT molecular complexity index is 653. The van der Waals surface area contributed by atoms with Crippen molar-refractivity contribution in [1.29, 1.82) is 0 Å². The zero-order valence-corrected chi connectivity index (χ0v) is 14.5. The maximum atomic E-state index is 5.71. The second-order valence-electron chi connectivity index (χ2n) is 6.34. The number of hydrogen-bond acceptors (Lipinski definition) is 4. The first-order valence-corrected chi connectivity index (χ1v) is 8.44. The van der Waals surface area contributed by atoms with Crippen LogP contribution in [0.2, 0.25) is 0 Å². The molecule has 0 aromatic heterocycles. The highest BCUT2D eigenvalue weighted by Crippen LogP contribution is 2.40. The average Bonchev–Trinajstić information content (AvgIpc) is 2.61. The number of ether oxygens (including phenoxy) is 3. The Morgan fingerprint density at radius 1 is 1.08 bits per heavy atom. The van der Waals surface area contributed by atoms with Gasteiger partial charge in [-0.25, -0.2) is 0 Å². The Labute approximate surface area is 143 Å². The maximum absolute atomic E-state index is 5.71. The van der Waals surface area contributed by atoms with Crippen molar-refractivity contribution in [2.45, 2.75) is 26.4 Å². The fourth-order valence-electron chi connectivity index (χ4n) is 3.06. The molecule has 0 aliphatic carbocycles. The minimum atomic E-state index is 0.297. The number of benzene rings is 2. The first-order chi connectivity index (χ1) is 11.7. The van der Waals surface area contributed by atoms with Gasteiger partial charge in [0.2, 0.25) is 5.75 Å². The highest BCUT2D eigenvalue weighted by Gasteiger charge is 2.20. The molecule has 1 unspecified atom stereocenters. The molecular weight excluding hydrogens is 302 g/mol. The molecule has 0 fully saturated rings. The quantitative estimate of drug-likeness (QED) is 0.872. The first kappa shape index (κ1) is 16.7. The summed E-state index contributed by atoms with van der Waals surface area (Å²) < 4.78 is 16.8. The van der Waals surface area contributed by atoms with Crippen molar-refractivity contribution < 1.29 is 14.2 Å². The van der Waals surface area contributed by atoms with Crippen molar-refractivity contribution in [1.82, 2.24) is 5.32 Å². The molecule has 0 saturated heterocycles. The largest absolute Gasteiger partial charge is 0.493 e. The van der Waals surface area contributed by atoms with Gasteiger partial charge in [0.25, 0.3) is 0 Å². The normalized spacial score (nSPS) is 14.5. The molecule has 128 valence electrons. The van der Waals surface area contributed by atoms with Gasteiger partial charge in [0.05, 0.1) is 7.11 Å². The van der Waals surface area contributed by atoms with E-state index in [0.29, 0.717) is 30.9 Å². The summed E-state index contributed by atoms with van der Waals surface area (Å²) in [6.07, 6.45) is 0. The van der Waals surface area contributed by atoms with Crippen LogP contribution in [0.25, 0.3) is 0 Å². The number of rotatable bonds is 6. The molecule has 4 nitrogen and oxygen atoms in total. The molecule has 24 heavy (non-hydrogen) atoms. The zero-order chi connectivity index (χ0) is 16.9. The van der Waals surface area contributed by atoms with E-state index in [-0.39, 0.29) is 0 Å². The van der Waals surface area contributed by atoms with Crippen LogP contribution < -0.4 is 19.5 Å². The van der Waals surface area contributed by atoms with Gasteiger partial charge in [-0.1, -0.05) is 44.2 Å². The molecule has 1 aliphatic rings. The van der Waals surface area contributed by atoms with Crippen molar-refractivity contribution >= 4 is 0 Å². The smallest absolute Gasteiger partial charge is 0.203 e. The van der Waals surface area contributed by atoms with Crippen molar-refractivity contribution in [3.05, 3.63) is 53.6 Å². The van der Waals surface area contributed by atoms with Crippen molar-refractivity contribution in [3.63, 3.8) is 0 Å². The summed E-state index contributed by atoms with van der Waals surface area (Å²) in [7, 11) is 1.66. The van der Waals surface area contributed by atoms with E-state index in [2.05, 4.69) is 43.4 Å². The van der Waals surface area contributed by atoms with Crippen LogP contribution in [-0.4, -0.2) is 20.3 Å². The molecule has 1 heterocycles. The molecular formula is C20H25NO3. The molecule has 3 rings (SSSR count). The molecule has 1 N–H and O–H groups in total. The molecule has 0 bridgehead atoms. The topological polar surface area (TPSA) is 39.7 Å². The van der Waals surface area contributed by atoms with Crippen LogP contribution in [0, 0.1) is 5.92 Å². The van der Waals surface area contributed by atoms with E-state index in [1.54, 1.807) is 7.11 Å². The summed E-state index contributed by atoms with van der Waals surface area (Å²) in [5, 5.41) is 3.66. The van der Waals surface area contributed by atoms with Crippen LogP contribution in [0.3, 0.4) is 0 Å². The fourth-order valence-corrected chi connectivity index (χ4v) is 3.06. The van der Waals surface area contributed by atoms with Crippen molar-refractivity contribution in [2.24, 2.45) is 5.92 Å². The Hall–Kier alpha value is -2.20. The standard InChI is InChI=1S/C20H25NO3/c1-14(2)19(16-7-5-4-6-8-16)21-13-15-11-17(22-3)20-18(12-15)23-9-10-24-20/h4-8,11-12,14,19,21H,9-10,13H2,1-3H3. The number of hydrogen-bond donors (Lipinski definition) is 1. The van der Waals surface area contributed by atoms with Crippen LogP contribution in [-0.2, 0) is 6.54 Å². The van der Waals surface area contributed by atoms with Gasteiger partial charge in [-0.05, 0) is 29.2 Å². The van der Waals surface area contributed by atoms with E-state index in [9.17, 15) is 0 Å². The Balaban J connectivity index is 1.78. The van der Waals surface area contributed by atoms with Gasteiger partial charge in [0.15, 0.2) is 11.5 Å². The van der Waals surface area contributed by atoms with Gasteiger partial charge in [-0.3, -0.25) is 0 Å². The molecule has 0 saturated carbocycles. The third-order valence-corrected chi connectivity index (χ3v) is 4.24. The lowest BCUT2D eigenvalue weighted by molar-refractivity contribution is 0.165. The summed E-state index contributed by atoms with van der Waals surface area (Å²) in [4.78, 5) is 0. The van der Waals surface area contributed by atoms with E-state index < -0.39 is 0 Å². The summed E-state index contributed by atoms with van der Waals surface area (Å²) in [6.45, 7) is 6.34. The molecule has 0 spiro atoms. The molecule has 0 amide bonds. The predicted molar refractivity (Wildman–Crippen MR) is 94.8 cm³/mol. The summed E-state index contributed by atoms with van der Waals surface area (Å²) >= 11 is 0. The molecule has 2 aromatic carbocycles. The van der Waals surface area contributed by atoms with Gasteiger partial charge < -0.3 is 19.5 Å². The van der Waals surface area contributed by atoms with Crippen LogP contribution in [0.15, 0.2) is 42.5 Å².